The van der Waals surface area contributed by atoms with Gasteiger partial charge in [0.15, 0.2) is 0 Å². The van der Waals surface area contributed by atoms with Gasteiger partial charge in [-0.25, -0.2) is 0 Å². The fraction of sp³-hybridized carbons (Fsp3) is 0.731. The summed E-state index contributed by atoms with van der Waals surface area (Å²) in [5.74, 6) is 2.41. The van der Waals surface area contributed by atoms with Crippen molar-refractivity contribution in [2.45, 2.75) is 78.2 Å². The van der Waals surface area contributed by atoms with Crippen LogP contribution in [0.5, 0.6) is 0 Å². The molecule has 3 aliphatic carbocycles. The van der Waals surface area contributed by atoms with E-state index in [4.69, 9.17) is 4.18 Å². The van der Waals surface area contributed by atoms with Gasteiger partial charge in [0.2, 0.25) is 0 Å². The molecule has 0 bridgehead atoms. The molecule has 1 aliphatic heterocycles. The molecular formula is C26H39NO2S. The van der Waals surface area contributed by atoms with Gasteiger partial charge in [-0.15, -0.1) is 0 Å². The first-order chi connectivity index (χ1) is 14.7. The first-order valence-electron chi connectivity index (χ1n) is 12.3. The molecule has 30 heavy (non-hydrogen) atoms. The zero-order chi connectivity index (χ0) is 21.0. The summed E-state index contributed by atoms with van der Waals surface area (Å²) in [5, 5.41) is 3.51. The summed E-state index contributed by atoms with van der Waals surface area (Å²) in [6.45, 7) is 5.55. The Hall–Kier alpha value is -1.00. The van der Waals surface area contributed by atoms with Gasteiger partial charge < -0.3 is 9.50 Å². The summed E-state index contributed by atoms with van der Waals surface area (Å²) < 4.78 is 5.34. The van der Waals surface area contributed by atoms with E-state index in [1.807, 2.05) is 19.9 Å². The van der Waals surface area contributed by atoms with Crippen molar-refractivity contribution in [3.63, 3.8) is 0 Å². The molecule has 1 aromatic rings. The number of hydrogen-bond acceptors (Lipinski definition) is 4. The molecular weight excluding hydrogens is 390 g/mol. The van der Waals surface area contributed by atoms with Gasteiger partial charge >= 0.3 is 5.97 Å². The van der Waals surface area contributed by atoms with E-state index >= 15 is 0 Å². The summed E-state index contributed by atoms with van der Waals surface area (Å²) in [6, 6.07) is 10.4. The van der Waals surface area contributed by atoms with Crippen LogP contribution in [0.3, 0.4) is 0 Å². The molecule has 4 fully saturated rings. The maximum absolute atomic E-state index is 12.5. The highest BCUT2D eigenvalue weighted by Gasteiger charge is 2.57. The van der Waals surface area contributed by atoms with Gasteiger partial charge in [-0.05, 0) is 86.0 Å². The van der Waals surface area contributed by atoms with Crippen LogP contribution in [-0.2, 0) is 15.5 Å². The minimum Gasteiger partial charge on any atom is -0.391 e. The molecule has 5 rings (SSSR count). The molecule has 3 nitrogen and oxygen atoms in total. The number of rotatable bonds is 8. The summed E-state index contributed by atoms with van der Waals surface area (Å²) in [4.78, 5) is 12.5. The molecule has 1 aromatic carbocycles. The van der Waals surface area contributed by atoms with Crippen LogP contribution in [-0.4, -0.2) is 18.3 Å². The van der Waals surface area contributed by atoms with Crippen LogP contribution in [0.1, 0.15) is 77.2 Å². The van der Waals surface area contributed by atoms with Crippen LogP contribution >= 0.6 is 12.0 Å². The second-order valence-electron chi connectivity index (χ2n) is 10.0. The van der Waals surface area contributed by atoms with Gasteiger partial charge in [0.05, 0.1) is 18.0 Å². The van der Waals surface area contributed by atoms with E-state index in [1.165, 1.54) is 75.4 Å². The van der Waals surface area contributed by atoms with E-state index < -0.39 is 0 Å². The molecule has 4 aliphatic rings. The second-order valence-corrected chi connectivity index (χ2v) is 10.7. The Kier molecular flexibility index (Phi) is 7.14. The molecule has 3 atom stereocenters. The lowest BCUT2D eigenvalue weighted by Gasteiger charge is -2.32. The minimum absolute atomic E-state index is 0.00976. The van der Waals surface area contributed by atoms with E-state index in [1.54, 1.807) is 0 Å². The molecule has 0 amide bonds. The smallest absolute Gasteiger partial charge is 0.322 e. The molecule has 2 unspecified atom stereocenters. The van der Waals surface area contributed by atoms with Crippen molar-refractivity contribution in [1.29, 1.82) is 0 Å². The Morgan fingerprint density at radius 1 is 1.10 bits per heavy atom. The van der Waals surface area contributed by atoms with E-state index in [9.17, 15) is 4.79 Å². The van der Waals surface area contributed by atoms with Crippen molar-refractivity contribution in [2.24, 2.45) is 28.6 Å². The SMILES string of the molecule is CC.O=C1OSCC(CCC2(C3CCC4(CC4)C3)CC2)[C@@H]1CNCc1ccccc1. The lowest BCUT2D eigenvalue weighted by molar-refractivity contribution is -0.140. The first-order valence-corrected chi connectivity index (χ1v) is 13.2. The standard InChI is InChI=1S/C24H33NO2S.C2H6/c26-22-21(16-25-15-18-4-2-1-3-5-18)19(17-28-27-22)6-9-24(12-13-24)20-7-8-23(14-20)10-11-23;1-2/h1-5,19-21,25H,6-17H2;1-2H3/t19?,20?,21-;/m0./s1. The van der Waals surface area contributed by atoms with Crippen molar-refractivity contribution >= 4 is 18.0 Å². The predicted molar refractivity (Wildman–Crippen MR) is 125 cm³/mol. The molecule has 0 radical (unpaired) electrons. The number of hydrogen-bond donors (Lipinski definition) is 1. The molecule has 4 heteroatoms. The van der Waals surface area contributed by atoms with Crippen molar-refractivity contribution in [1.82, 2.24) is 5.32 Å². The minimum atomic E-state index is -0.00976. The van der Waals surface area contributed by atoms with E-state index in [2.05, 4.69) is 29.6 Å². The van der Waals surface area contributed by atoms with E-state index in [0.29, 0.717) is 11.3 Å². The molecule has 3 saturated carbocycles. The highest BCUT2D eigenvalue weighted by Crippen LogP contribution is 2.68. The normalized spacial score (nSPS) is 30.3. The molecule has 1 saturated heterocycles. The zero-order valence-electron chi connectivity index (χ0n) is 18.8. The van der Waals surface area contributed by atoms with Crippen LogP contribution in [0.25, 0.3) is 0 Å². The number of carbonyl (C=O) groups is 1. The summed E-state index contributed by atoms with van der Waals surface area (Å²) in [5.41, 5.74) is 2.69. The highest BCUT2D eigenvalue weighted by molar-refractivity contribution is 7.95. The third kappa shape index (κ3) is 5.07. The van der Waals surface area contributed by atoms with Crippen molar-refractivity contribution < 1.29 is 8.98 Å². The number of benzene rings is 1. The average molecular weight is 430 g/mol. The Labute approximate surface area is 187 Å². The molecule has 166 valence electrons. The van der Waals surface area contributed by atoms with Gasteiger partial charge in [0.25, 0.3) is 0 Å². The average Bonchev–Trinajstić information content (AvgIpc) is 3.68. The van der Waals surface area contributed by atoms with E-state index in [0.717, 1.165) is 30.2 Å². The lowest BCUT2D eigenvalue weighted by atomic mass is 9.79. The maximum atomic E-state index is 12.5. The van der Waals surface area contributed by atoms with Crippen molar-refractivity contribution in [2.75, 3.05) is 12.3 Å². The molecule has 1 spiro atoms. The lowest BCUT2D eigenvalue weighted by Crippen LogP contribution is -2.38. The topological polar surface area (TPSA) is 38.3 Å². The van der Waals surface area contributed by atoms with Crippen molar-refractivity contribution in [3.8, 4) is 0 Å². The largest absolute Gasteiger partial charge is 0.391 e. The van der Waals surface area contributed by atoms with Crippen LogP contribution in [0.15, 0.2) is 30.3 Å². The van der Waals surface area contributed by atoms with Gasteiger partial charge in [-0.2, -0.15) is 0 Å². The maximum Gasteiger partial charge on any atom is 0.322 e. The second kappa shape index (κ2) is 9.65. The van der Waals surface area contributed by atoms with Gasteiger partial charge in [0.1, 0.15) is 0 Å². The van der Waals surface area contributed by atoms with Crippen LogP contribution < -0.4 is 5.32 Å². The highest BCUT2D eigenvalue weighted by atomic mass is 32.2. The van der Waals surface area contributed by atoms with Gasteiger partial charge in [-0.1, -0.05) is 44.2 Å². The number of nitrogens with one attached hydrogen (secondary N) is 1. The Balaban J connectivity index is 0.00000106. The van der Waals surface area contributed by atoms with Gasteiger partial charge in [-0.3, -0.25) is 4.79 Å². The van der Waals surface area contributed by atoms with Crippen LogP contribution in [0.4, 0.5) is 0 Å². The molecule has 1 N–H and O–H groups in total. The first kappa shape index (κ1) is 22.2. The fourth-order valence-corrected chi connectivity index (χ4v) is 6.79. The molecule has 0 aromatic heterocycles. The number of carbonyl (C=O) groups excluding carboxylic acids is 1. The third-order valence-electron chi connectivity index (χ3n) is 8.26. The van der Waals surface area contributed by atoms with E-state index in [-0.39, 0.29) is 11.9 Å². The van der Waals surface area contributed by atoms with Crippen LogP contribution in [0.2, 0.25) is 0 Å². The third-order valence-corrected chi connectivity index (χ3v) is 9.11. The Bertz CT molecular complexity index is 698. The van der Waals surface area contributed by atoms with Crippen LogP contribution in [0, 0.1) is 28.6 Å². The predicted octanol–water partition coefficient (Wildman–Crippen LogP) is 6.38. The molecule has 1 heterocycles. The fourth-order valence-electron chi connectivity index (χ4n) is 5.91. The zero-order valence-corrected chi connectivity index (χ0v) is 19.6. The quantitative estimate of drug-likeness (QED) is 0.487. The Morgan fingerprint density at radius 3 is 2.53 bits per heavy atom. The van der Waals surface area contributed by atoms with Crippen molar-refractivity contribution in [3.05, 3.63) is 35.9 Å². The van der Waals surface area contributed by atoms with Gasteiger partial charge in [0, 0.05) is 18.8 Å². The Morgan fingerprint density at radius 2 is 1.87 bits per heavy atom. The summed E-state index contributed by atoms with van der Waals surface area (Å²) in [6.07, 6.45) is 12.9. The summed E-state index contributed by atoms with van der Waals surface area (Å²) in [7, 11) is 0. The monoisotopic (exact) mass is 429 g/mol. The summed E-state index contributed by atoms with van der Waals surface area (Å²) >= 11 is 1.38.